The molecular weight excluding hydrogens is 252 g/mol. The van der Waals surface area contributed by atoms with E-state index < -0.39 is 0 Å². The van der Waals surface area contributed by atoms with Crippen molar-refractivity contribution in [2.24, 2.45) is 5.73 Å². The van der Waals surface area contributed by atoms with Gasteiger partial charge >= 0.3 is 0 Å². The number of nitrogens with two attached hydrogens (primary N) is 1. The summed E-state index contributed by atoms with van der Waals surface area (Å²) in [6, 6.07) is 7.89. The van der Waals surface area contributed by atoms with Gasteiger partial charge in [0.1, 0.15) is 5.75 Å². The minimum atomic E-state index is 0.427. The Morgan fingerprint density at radius 2 is 1.95 bits per heavy atom. The summed E-state index contributed by atoms with van der Waals surface area (Å²) in [4.78, 5) is 0. The Kier molecular flexibility index (Phi) is 5.12. The number of hydrogen-bond donors (Lipinski definition) is 1. The topological polar surface area (TPSA) is 66.0 Å². The summed E-state index contributed by atoms with van der Waals surface area (Å²) < 4.78 is 7.34. The summed E-state index contributed by atoms with van der Waals surface area (Å²) in [5, 5.41) is 8.41. The van der Waals surface area contributed by atoms with Gasteiger partial charge in [-0.2, -0.15) is 0 Å². The molecule has 0 amide bonds. The standard InChI is InChI=1S/C15H22N4O/c1-3-5-6-15-14(11-16)17-18-19(15)12-7-9-13(10-8-12)20-4-2/h7-10H,3-6,11,16H2,1-2H3. The van der Waals surface area contributed by atoms with E-state index in [0.717, 1.165) is 42.1 Å². The van der Waals surface area contributed by atoms with Crippen molar-refractivity contribution in [3.05, 3.63) is 35.7 Å². The van der Waals surface area contributed by atoms with E-state index in [1.807, 2.05) is 35.9 Å². The van der Waals surface area contributed by atoms with Crippen molar-refractivity contribution in [3.8, 4) is 11.4 Å². The predicted molar refractivity (Wildman–Crippen MR) is 79.0 cm³/mol. The van der Waals surface area contributed by atoms with Crippen molar-refractivity contribution in [3.63, 3.8) is 0 Å². The highest BCUT2D eigenvalue weighted by molar-refractivity contribution is 5.38. The smallest absolute Gasteiger partial charge is 0.119 e. The molecule has 2 aromatic rings. The Bertz CT molecular complexity index is 533. The summed E-state index contributed by atoms with van der Waals surface area (Å²) >= 11 is 0. The molecule has 2 N–H and O–H groups in total. The maximum atomic E-state index is 5.74. The predicted octanol–water partition coefficient (Wildman–Crippen LogP) is 2.47. The zero-order valence-electron chi connectivity index (χ0n) is 12.2. The average molecular weight is 274 g/mol. The van der Waals surface area contributed by atoms with Gasteiger partial charge in [0.15, 0.2) is 0 Å². The first-order chi connectivity index (χ1) is 9.80. The number of benzene rings is 1. The molecule has 0 aliphatic carbocycles. The molecule has 1 aromatic carbocycles. The van der Waals surface area contributed by atoms with Crippen LogP contribution in [0.25, 0.3) is 5.69 Å². The van der Waals surface area contributed by atoms with E-state index in [2.05, 4.69) is 17.2 Å². The van der Waals surface area contributed by atoms with Gasteiger partial charge in [0, 0.05) is 6.54 Å². The molecule has 0 aliphatic heterocycles. The van der Waals surface area contributed by atoms with Gasteiger partial charge in [-0.1, -0.05) is 18.6 Å². The Balaban J connectivity index is 2.28. The van der Waals surface area contributed by atoms with Crippen LogP contribution < -0.4 is 10.5 Å². The third-order valence-electron chi connectivity index (χ3n) is 3.20. The summed E-state index contributed by atoms with van der Waals surface area (Å²) in [6.45, 7) is 5.24. The third-order valence-corrected chi connectivity index (χ3v) is 3.20. The van der Waals surface area contributed by atoms with Gasteiger partial charge in [-0.3, -0.25) is 0 Å². The highest BCUT2D eigenvalue weighted by Crippen LogP contribution is 2.18. The fourth-order valence-electron chi connectivity index (χ4n) is 2.14. The Labute approximate surface area is 119 Å². The van der Waals surface area contributed by atoms with Crippen LogP contribution in [0.1, 0.15) is 38.1 Å². The largest absolute Gasteiger partial charge is 0.494 e. The molecule has 0 atom stereocenters. The van der Waals surface area contributed by atoms with E-state index in [1.54, 1.807) is 0 Å². The summed E-state index contributed by atoms with van der Waals surface area (Å²) in [6.07, 6.45) is 3.19. The molecule has 0 saturated carbocycles. The van der Waals surface area contributed by atoms with Crippen LogP contribution in [0.4, 0.5) is 0 Å². The summed E-state index contributed by atoms with van der Waals surface area (Å²) in [7, 11) is 0. The molecule has 0 fully saturated rings. The van der Waals surface area contributed by atoms with Crippen LogP contribution >= 0.6 is 0 Å². The molecule has 0 saturated heterocycles. The van der Waals surface area contributed by atoms with Gasteiger partial charge in [0.2, 0.25) is 0 Å². The van der Waals surface area contributed by atoms with Crippen LogP contribution in [0.3, 0.4) is 0 Å². The maximum Gasteiger partial charge on any atom is 0.119 e. The number of unbranched alkanes of at least 4 members (excludes halogenated alkanes) is 1. The highest BCUT2D eigenvalue weighted by atomic mass is 16.5. The van der Waals surface area contributed by atoms with Gasteiger partial charge < -0.3 is 10.5 Å². The molecule has 1 heterocycles. The number of hydrogen-bond acceptors (Lipinski definition) is 4. The van der Waals surface area contributed by atoms with Crippen molar-refractivity contribution >= 4 is 0 Å². The Morgan fingerprint density at radius 1 is 1.20 bits per heavy atom. The Hall–Kier alpha value is -1.88. The minimum absolute atomic E-state index is 0.427. The average Bonchev–Trinajstić information content (AvgIpc) is 2.89. The zero-order chi connectivity index (χ0) is 14.4. The van der Waals surface area contributed by atoms with Gasteiger partial charge in [0.05, 0.1) is 23.7 Å². The van der Waals surface area contributed by atoms with Crippen molar-refractivity contribution in [2.45, 2.75) is 39.7 Å². The van der Waals surface area contributed by atoms with Gasteiger partial charge in [-0.25, -0.2) is 4.68 Å². The normalized spacial score (nSPS) is 10.8. The highest BCUT2D eigenvalue weighted by Gasteiger charge is 2.12. The first-order valence-corrected chi connectivity index (χ1v) is 7.16. The third kappa shape index (κ3) is 3.17. The van der Waals surface area contributed by atoms with Gasteiger partial charge in [-0.05, 0) is 44.0 Å². The van der Waals surface area contributed by atoms with Gasteiger partial charge in [-0.15, -0.1) is 5.10 Å². The molecule has 20 heavy (non-hydrogen) atoms. The summed E-state index contributed by atoms with van der Waals surface area (Å²) in [5.74, 6) is 0.866. The molecular formula is C15H22N4O. The van der Waals surface area contributed by atoms with Gasteiger partial charge in [0.25, 0.3) is 0 Å². The second-order valence-corrected chi connectivity index (χ2v) is 4.63. The van der Waals surface area contributed by atoms with Crippen LogP contribution in [-0.2, 0) is 13.0 Å². The van der Waals surface area contributed by atoms with E-state index in [0.29, 0.717) is 13.2 Å². The number of ether oxygens (including phenoxy) is 1. The lowest BCUT2D eigenvalue weighted by Crippen LogP contribution is -2.06. The van der Waals surface area contributed by atoms with Crippen molar-refractivity contribution in [1.29, 1.82) is 0 Å². The molecule has 108 valence electrons. The molecule has 0 aliphatic rings. The summed E-state index contributed by atoms with van der Waals surface area (Å²) in [5.41, 5.74) is 8.73. The molecule has 1 aromatic heterocycles. The fourth-order valence-corrected chi connectivity index (χ4v) is 2.14. The minimum Gasteiger partial charge on any atom is -0.494 e. The van der Waals surface area contributed by atoms with Crippen LogP contribution in [0, 0.1) is 0 Å². The molecule has 5 heteroatoms. The lowest BCUT2D eigenvalue weighted by Gasteiger charge is -2.08. The molecule has 2 rings (SSSR count). The fraction of sp³-hybridized carbons (Fsp3) is 0.467. The SMILES string of the molecule is CCCCc1c(CN)nnn1-c1ccc(OCC)cc1. The molecule has 0 unspecified atom stereocenters. The van der Waals surface area contributed by atoms with E-state index in [-0.39, 0.29) is 0 Å². The lowest BCUT2D eigenvalue weighted by molar-refractivity contribution is 0.340. The zero-order valence-corrected chi connectivity index (χ0v) is 12.2. The van der Waals surface area contributed by atoms with Crippen molar-refractivity contribution in [2.75, 3.05) is 6.61 Å². The van der Waals surface area contributed by atoms with E-state index in [1.165, 1.54) is 0 Å². The maximum absolute atomic E-state index is 5.74. The molecule has 0 spiro atoms. The van der Waals surface area contributed by atoms with E-state index in [9.17, 15) is 0 Å². The van der Waals surface area contributed by atoms with Crippen LogP contribution in [-0.4, -0.2) is 21.6 Å². The quantitative estimate of drug-likeness (QED) is 0.842. The number of nitrogens with zero attached hydrogens (tertiary/aromatic N) is 3. The lowest BCUT2D eigenvalue weighted by atomic mass is 10.1. The van der Waals surface area contributed by atoms with E-state index in [4.69, 9.17) is 10.5 Å². The van der Waals surface area contributed by atoms with Crippen LogP contribution in [0.2, 0.25) is 0 Å². The second kappa shape index (κ2) is 7.05. The first kappa shape index (κ1) is 14.5. The monoisotopic (exact) mass is 274 g/mol. The molecule has 0 bridgehead atoms. The van der Waals surface area contributed by atoms with Crippen LogP contribution in [0.15, 0.2) is 24.3 Å². The first-order valence-electron chi connectivity index (χ1n) is 7.16. The second-order valence-electron chi connectivity index (χ2n) is 4.63. The Morgan fingerprint density at radius 3 is 2.55 bits per heavy atom. The molecule has 0 radical (unpaired) electrons. The van der Waals surface area contributed by atoms with Crippen molar-refractivity contribution < 1.29 is 4.74 Å². The molecule has 5 nitrogen and oxygen atoms in total. The van der Waals surface area contributed by atoms with Crippen LogP contribution in [0.5, 0.6) is 5.75 Å². The van der Waals surface area contributed by atoms with E-state index >= 15 is 0 Å². The number of rotatable bonds is 7. The van der Waals surface area contributed by atoms with Crippen molar-refractivity contribution in [1.82, 2.24) is 15.0 Å². The number of aromatic nitrogens is 3.